The Balaban J connectivity index is 2.63. The Morgan fingerprint density at radius 2 is 1.88 bits per heavy atom. The first kappa shape index (κ1) is 19.7. The van der Waals surface area contributed by atoms with Crippen LogP contribution in [0.3, 0.4) is 0 Å². The second-order valence-electron chi connectivity index (χ2n) is 6.01. The van der Waals surface area contributed by atoms with Crippen molar-refractivity contribution in [2.75, 3.05) is 4.31 Å². The maximum atomic E-state index is 14.0. The van der Waals surface area contributed by atoms with E-state index in [1.54, 1.807) is 0 Å². The lowest BCUT2D eigenvalue weighted by Crippen LogP contribution is -2.36. The molecule has 1 N–H and O–H groups in total. The summed E-state index contributed by atoms with van der Waals surface area (Å²) in [5.74, 6) is -2.79. The Hall–Kier alpha value is -1.59. The molecule has 2 rings (SSSR count). The minimum Gasteiger partial charge on any atom is -0.464 e. The number of carboxylic acid groups (broad SMARTS) is 1. The van der Waals surface area contributed by atoms with Gasteiger partial charge in [-0.15, -0.1) is 15.6 Å². The highest BCUT2D eigenvalue weighted by Gasteiger charge is 2.36. The van der Waals surface area contributed by atoms with Crippen molar-refractivity contribution in [2.24, 2.45) is 0 Å². The Bertz CT molecular complexity index is 939. The zero-order valence-corrected chi connectivity index (χ0v) is 16.5. The van der Waals surface area contributed by atoms with Gasteiger partial charge in [0.2, 0.25) is 0 Å². The van der Waals surface area contributed by atoms with Crippen molar-refractivity contribution in [3.05, 3.63) is 38.6 Å². The number of hydrogen-bond donors (Lipinski definition) is 1. The number of carbonyl (C=O) groups is 1. The summed E-state index contributed by atoms with van der Waals surface area (Å²) < 4.78 is 52.3. The second-order valence-corrected chi connectivity index (χ2v) is 9.48. The molecule has 0 bridgehead atoms. The number of sulfonamides is 1. The van der Waals surface area contributed by atoms with E-state index in [1.165, 1.54) is 5.38 Å². The van der Waals surface area contributed by atoms with Crippen LogP contribution in [-0.2, 0) is 15.4 Å². The van der Waals surface area contributed by atoms with Crippen LogP contribution in [0.25, 0.3) is 0 Å². The number of rotatable bonds is 3. The van der Waals surface area contributed by atoms with Gasteiger partial charge >= 0.3 is 6.09 Å². The molecule has 0 saturated carbocycles. The Labute approximate surface area is 155 Å². The van der Waals surface area contributed by atoms with Gasteiger partial charge in [0.15, 0.2) is 5.82 Å². The molecule has 11 heteroatoms. The van der Waals surface area contributed by atoms with Crippen LogP contribution >= 0.6 is 27.3 Å². The number of halogens is 3. The average molecular weight is 455 g/mol. The fourth-order valence-electron chi connectivity index (χ4n) is 1.83. The topological polar surface area (TPSA) is 87.6 Å². The van der Waals surface area contributed by atoms with E-state index in [0.717, 1.165) is 11.3 Å². The lowest BCUT2D eigenvalue weighted by Gasteiger charge is -2.18. The third-order valence-electron chi connectivity index (χ3n) is 3.01. The summed E-state index contributed by atoms with van der Waals surface area (Å²) in [6, 6.07) is 1.03. The largest absolute Gasteiger partial charge is 0.464 e. The zero-order valence-electron chi connectivity index (χ0n) is 13.2. The third-order valence-corrected chi connectivity index (χ3v) is 6.56. The van der Waals surface area contributed by atoms with Crippen LogP contribution in [0.5, 0.6) is 0 Å². The van der Waals surface area contributed by atoms with Crippen LogP contribution in [0.1, 0.15) is 25.8 Å². The summed E-state index contributed by atoms with van der Waals surface area (Å²) >= 11 is 3.84. The van der Waals surface area contributed by atoms with Crippen molar-refractivity contribution >= 4 is 49.2 Å². The van der Waals surface area contributed by atoms with Crippen LogP contribution < -0.4 is 4.31 Å². The zero-order chi connectivity index (χ0) is 19.2. The van der Waals surface area contributed by atoms with Crippen LogP contribution in [0.15, 0.2) is 26.9 Å². The van der Waals surface area contributed by atoms with Gasteiger partial charge in [-0.1, -0.05) is 20.8 Å². The van der Waals surface area contributed by atoms with E-state index in [9.17, 15) is 27.1 Å². The molecule has 1 amide bonds. The second kappa shape index (κ2) is 6.61. The highest BCUT2D eigenvalue weighted by molar-refractivity contribution is 9.10. The monoisotopic (exact) mass is 454 g/mol. The van der Waals surface area contributed by atoms with Crippen molar-refractivity contribution in [3.8, 4) is 0 Å². The molecular weight excluding hydrogens is 442 g/mol. The summed E-state index contributed by atoms with van der Waals surface area (Å²) in [5.41, 5.74) is -0.430. The summed E-state index contributed by atoms with van der Waals surface area (Å²) in [6.45, 7) is 5.48. The molecular formula is C14H13BrF2N2O4S2. The minimum absolute atomic E-state index is 0.0263. The number of benzene rings is 1. The molecule has 136 valence electrons. The molecule has 0 atom stereocenters. The van der Waals surface area contributed by atoms with Gasteiger partial charge in [-0.05, 0) is 22.0 Å². The van der Waals surface area contributed by atoms with Crippen molar-refractivity contribution in [3.63, 3.8) is 0 Å². The highest BCUT2D eigenvalue weighted by atomic mass is 79.9. The molecule has 0 fully saturated rings. The number of thiazole rings is 1. The molecule has 1 aromatic heterocycles. The SMILES string of the molecule is CC(C)(C)c1nc(N(C(=O)O)S(=O)(=O)c2cc(Br)c(F)cc2F)cs1. The van der Waals surface area contributed by atoms with Gasteiger partial charge in [-0.3, -0.25) is 0 Å². The van der Waals surface area contributed by atoms with Gasteiger partial charge in [0, 0.05) is 16.9 Å². The fraction of sp³-hybridized carbons (Fsp3) is 0.286. The van der Waals surface area contributed by atoms with Gasteiger partial charge in [-0.25, -0.2) is 27.0 Å². The van der Waals surface area contributed by atoms with E-state index >= 15 is 0 Å². The van der Waals surface area contributed by atoms with Crippen LogP contribution in [-0.4, -0.2) is 24.6 Å². The third kappa shape index (κ3) is 3.82. The number of aromatic nitrogens is 1. The Morgan fingerprint density at radius 3 is 2.36 bits per heavy atom. The van der Waals surface area contributed by atoms with E-state index in [-0.39, 0.29) is 14.6 Å². The lowest BCUT2D eigenvalue weighted by atomic mass is 9.98. The van der Waals surface area contributed by atoms with Gasteiger partial charge in [-0.2, -0.15) is 0 Å². The number of amides is 1. The summed E-state index contributed by atoms with van der Waals surface area (Å²) in [5, 5.41) is 11.1. The van der Waals surface area contributed by atoms with E-state index < -0.39 is 38.1 Å². The average Bonchev–Trinajstić information content (AvgIpc) is 2.91. The highest BCUT2D eigenvalue weighted by Crippen LogP contribution is 2.33. The van der Waals surface area contributed by atoms with E-state index in [1.807, 2.05) is 20.8 Å². The number of hydrogen-bond acceptors (Lipinski definition) is 5. The first-order valence-corrected chi connectivity index (χ1v) is 9.86. The Morgan fingerprint density at radius 1 is 1.28 bits per heavy atom. The fourth-order valence-corrected chi connectivity index (χ4v) is 4.58. The molecule has 6 nitrogen and oxygen atoms in total. The lowest BCUT2D eigenvalue weighted by molar-refractivity contribution is 0.206. The Kier molecular flexibility index (Phi) is 5.22. The van der Waals surface area contributed by atoms with Crippen molar-refractivity contribution < 1.29 is 27.1 Å². The van der Waals surface area contributed by atoms with Crippen LogP contribution in [0.4, 0.5) is 19.4 Å². The molecule has 0 saturated heterocycles. The quantitative estimate of drug-likeness (QED) is 0.696. The summed E-state index contributed by atoms with van der Waals surface area (Å²) in [4.78, 5) is 14.6. The maximum absolute atomic E-state index is 14.0. The molecule has 1 heterocycles. The number of nitrogens with zero attached hydrogens (tertiary/aromatic N) is 2. The normalized spacial score (nSPS) is 12.2. The van der Waals surface area contributed by atoms with Crippen LogP contribution in [0, 0.1) is 11.6 Å². The summed E-state index contributed by atoms with van der Waals surface area (Å²) in [7, 11) is -4.85. The van der Waals surface area contributed by atoms with Crippen molar-refractivity contribution in [1.29, 1.82) is 0 Å². The first-order valence-electron chi connectivity index (χ1n) is 6.74. The van der Waals surface area contributed by atoms with E-state index in [0.29, 0.717) is 17.1 Å². The molecule has 0 unspecified atom stereocenters. The smallest absolute Gasteiger partial charge is 0.427 e. The van der Waals surface area contributed by atoms with Crippen molar-refractivity contribution in [2.45, 2.75) is 31.1 Å². The molecule has 0 aliphatic heterocycles. The molecule has 0 spiro atoms. The molecule has 2 aromatic rings. The predicted octanol–water partition coefficient (Wildman–Crippen LogP) is 4.35. The van der Waals surface area contributed by atoms with Crippen molar-refractivity contribution in [1.82, 2.24) is 4.98 Å². The van der Waals surface area contributed by atoms with Gasteiger partial charge in [0.1, 0.15) is 21.5 Å². The molecule has 0 aliphatic rings. The van der Waals surface area contributed by atoms with Gasteiger partial charge in [0.25, 0.3) is 10.0 Å². The van der Waals surface area contributed by atoms with E-state index in [2.05, 4.69) is 20.9 Å². The molecule has 0 radical (unpaired) electrons. The molecule has 1 aromatic carbocycles. The first-order chi connectivity index (χ1) is 11.4. The van der Waals surface area contributed by atoms with Gasteiger partial charge < -0.3 is 5.11 Å². The molecule has 25 heavy (non-hydrogen) atoms. The maximum Gasteiger partial charge on any atom is 0.427 e. The summed E-state index contributed by atoms with van der Waals surface area (Å²) in [6.07, 6.45) is -1.86. The van der Waals surface area contributed by atoms with E-state index in [4.69, 9.17) is 0 Å². The predicted molar refractivity (Wildman–Crippen MR) is 92.6 cm³/mol. The minimum atomic E-state index is -4.85. The molecule has 0 aliphatic carbocycles. The number of anilines is 1. The standard InChI is InChI=1S/C14H13BrF2N2O4S2/c1-14(2,3)12-18-11(6-24-12)19(13(20)21)25(22,23)10-4-7(15)8(16)5-9(10)17/h4-6H,1-3H3,(H,20,21). The van der Waals surface area contributed by atoms with Crippen LogP contribution in [0.2, 0.25) is 0 Å². The van der Waals surface area contributed by atoms with Gasteiger partial charge in [0.05, 0.1) is 4.47 Å².